The summed E-state index contributed by atoms with van der Waals surface area (Å²) < 4.78 is 26.2. The Morgan fingerprint density at radius 1 is 1.35 bits per heavy atom. The molecule has 0 heterocycles. The highest BCUT2D eigenvalue weighted by Crippen LogP contribution is 2.26. The summed E-state index contributed by atoms with van der Waals surface area (Å²) in [6, 6.07) is 0.606. The quantitative estimate of drug-likeness (QED) is 0.530. The summed E-state index contributed by atoms with van der Waals surface area (Å²) in [6.07, 6.45) is 2.21. The van der Waals surface area contributed by atoms with E-state index in [-0.39, 0.29) is 11.4 Å². The molecule has 108 valence electrons. The zero-order valence-electron chi connectivity index (χ0n) is 10.2. The number of alkyl halides is 1. The molecule has 1 aromatic rings. The van der Waals surface area contributed by atoms with E-state index in [9.17, 15) is 23.7 Å². The first-order valence-electron chi connectivity index (χ1n) is 5.98. The third kappa shape index (κ3) is 2.87. The predicted octanol–water partition coefficient (Wildman–Crippen LogP) is 2.76. The number of amides is 1. The minimum absolute atomic E-state index is 0.261. The van der Waals surface area contributed by atoms with Gasteiger partial charge in [-0.05, 0) is 25.3 Å². The molecule has 5 nitrogen and oxygen atoms in total. The number of rotatable bonds is 3. The van der Waals surface area contributed by atoms with Crippen molar-refractivity contribution in [1.29, 1.82) is 0 Å². The fourth-order valence-electron chi connectivity index (χ4n) is 2.19. The number of nitrogens with zero attached hydrogens (tertiary/aromatic N) is 1. The van der Waals surface area contributed by atoms with Crippen molar-refractivity contribution in [3.63, 3.8) is 0 Å². The summed E-state index contributed by atoms with van der Waals surface area (Å²) in [6.45, 7) is 0. The van der Waals surface area contributed by atoms with Gasteiger partial charge in [-0.25, -0.2) is 8.78 Å². The maximum Gasteiger partial charge on any atom is 0.285 e. The lowest BCUT2D eigenvalue weighted by atomic mass is 10.1. The van der Waals surface area contributed by atoms with Gasteiger partial charge in [0.15, 0.2) is 11.6 Å². The van der Waals surface area contributed by atoms with Crippen molar-refractivity contribution in [1.82, 2.24) is 5.32 Å². The predicted molar refractivity (Wildman–Crippen MR) is 67.8 cm³/mol. The Balaban J connectivity index is 2.29. The summed E-state index contributed by atoms with van der Waals surface area (Å²) >= 11 is 5.99. The molecule has 0 saturated heterocycles. The first kappa shape index (κ1) is 14.6. The van der Waals surface area contributed by atoms with Crippen LogP contribution in [-0.4, -0.2) is 22.2 Å². The van der Waals surface area contributed by atoms with E-state index in [1.54, 1.807) is 0 Å². The SMILES string of the molecule is O=C(NC1CCCC1Cl)c1cc(F)c(F)cc1[N+](=O)[O-]. The van der Waals surface area contributed by atoms with Crippen LogP contribution in [0.25, 0.3) is 0 Å². The molecule has 1 aliphatic carbocycles. The van der Waals surface area contributed by atoms with Gasteiger partial charge >= 0.3 is 0 Å². The van der Waals surface area contributed by atoms with Crippen LogP contribution in [0, 0.1) is 21.7 Å². The first-order chi connectivity index (χ1) is 9.40. The molecular formula is C12H11ClF2N2O3. The van der Waals surface area contributed by atoms with E-state index in [0.29, 0.717) is 18.6 Å². The van der Waals surface area contributed by atoms with Crippen LogP contribution in [0.15, 0.2) is 12.1 Å². The second-order valence-electron chi connectivity index (χ2n) is 4.57. The molecule has 1 saturated carbocycles. The van der Waals surface area contributed by atoms with Gasteiger partial charge in [0.25, 0.3) is 11.6 Å². The monoisotopic (exact) mass is 304 g/mol. The van der Waals surface area contributed by atoms with Crippen LogP contribution >= 0.6 is 11.6 Å². The summed E-state index contributed by atoms with van der Waals surface area (Å²) in [5, 5.41) is 13.1. The number of nitro groups is 1. The lowest BCUT2D eigenvalue weighted by Gasteiger charge is -2.15. The maximum absolute atomic E-state index is 13.2. The third-order valence-corrected chi connectivity index (χ3v) is 3.75. The summed E-state index contributed by atoms with van der Waals surface area (Å²) in [5.41, 5.74) is -1.28. The first-order valence-corrected chi connectivity index (χ1v) is 6.42. The number of carbonyl (C=O) groups is 1. The van der Waals surface area contributed by atoms with Gasteiger partial charge in [0.05, 0.1) is 16.4 Å². The zero-order chi connectivity index (χ0) is 14.9. The van der Waals surface area contributed by atoms with Gasteiger partial charge in [-0.2, -0.15) is 0 Å². The van der Waals surface area contributed by atoms with Crippen LogP contribution in [0.3, 0.4) is 0 Å². The number of hydrogen-bond acceptors (Lipinski definition) is 3. The lowest BCUT2D eigenvalue weighted by Crippen LogP contribution is -2.38. The number of nitro benzene ring substituents is 1. The molecule has 20 heavy (non-hydrogen) atoms. The van der Waals surface area contributed by atoms with Gasteiger partial charge in [-0.15, -0.1) is 11.6 Å². The van der Waals surface area contributed by atoms with Crippen LogP contribution in [0.2, 0.25) is 0 Å². The van der Waals surface area contributed by atoms with Gasteiger partial charge in [0.2, 0.25) is 0 Å². The maximum atomic E-state index is 13.2. The lowest BCUT2D eigenvalue weighted by molar-refractivity contribution is -0.385. The van der Waals surface area contributed by atoms with E-state index < -0.39 is 33.7 Å². The average molecular weight is 305 g/mol. The minimum Gasteiger partial charge on any atom is -0.348 e. The molecular weight excluding hydrogens is 294 g/mol. The topological polar surface area (TPSA) is 72.2 Å². The van der Waals surface area contributed by atoms with Gasteiger partial charge in [0, 0.05) is 6.04 Å². The molecule has 2 unspecified atom stereocenters. The Morgan fingerprint density at radius 2 is 2.00 bits per heavy atom. The van der Waals surface area contributed by atoms with Gasteiger partial charge in [-0.1, -0.05) is 0 Å². The van der Waals surface area contributed by atoms with Crippen molar-refractivity contribution < 1.29 is 18.5 Å². The van der Waals surface area contributed by atoms with E-state index >= 15 is 0 Å². The van der Waals surface area contributed by atoms with Crippen LogP contribution < -0.4 is 5.32 Å². The second kappa shape index (κ2) is 5.70. The van der Waals surface area contributed by atoms with Crippen molar-refractivity contribution in [2.75, 3.05) is 0 Å². The number of carbonyl (C=O) groups excluding carboxylic acids is 1. The number of benzene rings is 1. The third-order valence-electron chi connectivity index (χ3n) is 3.23. The number of hydrogen-bond donors (Lipinski definition) is 1. The van der Waals surface area contributed by atoms with E-state index in [2.05, 4.69) is 5.32 Å². The molecule has 0 spiro atoms. The molecule has 1 aliphatic rings. The van der Waals surface area contributed by atoms with Crippen molar-refractivity contribution in [3.05, 3.63) is 39.4 Å². The van der Waals surface area contributed by atoms with Crippen molar-refractivity contribution in [2.24, 2.45) is 0 Å². The van der Waals surface area contributed by atoms with E-state index in [4.69, 9.17) is 11.6 Å². The number of halogens is 3. The Morgan fingerprint density at radius 3 is 2.55 bits per heavy atom. The highest BCUT2D eigenvalue weighted by Gasteiger charge is 2.30. The zero-order valence-corrected chi connectivity index (χ0v) is 11.0. The van der Waals surface area contributed by atoms with Crippen molar-refractivity contribution in [2.45, 2.75) is 30.7 Å². The van der Waals surface area contributed by atoms with Crippen LogP contribution in [0.1, 0.15) is 29.6 Å². The molecule has 1 aromatic carbocycles. The summed E-state index contributed by atoms with van der Waals surface area (Å²) in [5.74, 6) is -3.51. The van der Waals surface area contributed by atoms with E-state index in [0.717, 1.165) is 12.8 Å². The Bertz CT molecular complexity index is 568. The van der Waals surface area contributed by atoms with Crippen LogP contribution in [0.5, 0.6) is 0 Å². The van der Waals surface area contributed by atoms with Crippen molar-refractivity contribution in [3.8, 4) is 0 Å². The van der Waals surface area contributed by atoms with Crippen LogP contribution in [-0.2, 0) is 0 Å². The molecule has 2 atom stereocenters. The molecule has 1 fully saturated rings. The molecule has 1 amide bonds. The molecule has 1 N–H and O–H groups in total. The standard InChI is InChI=1S/C12H11ClF2N2O3/c13-7-2-1-3-10(7)16-12(18)6-4-8(14)9(15)5-11(6)17(19)20/h4-5,7,10H,1-3H2,(H,16,18). The minimum atomic E-state index is -1.37. The largest absolute Gasteiger partial charge is 0.348 e. The smallest absolute Gasteiger partial charge is 0.285 e. The molecule has 2 rings (SSSR count). The van der Waals surface area contributed by atoms with Gasteiger partial charge in [0.1, 0.15) is 5.56 Å². The molecule has 8 heteroatoms. The summed E-state index contributed by atoms with van der Waals surface area (Å²) in [7, 11) is 0. The van der Waals surface area contributed by atoms with E-state index in [1.807, 2.05) is 0 Å². The van der Waals surface area contributed by atoms with Crippen molar-refractivity contribution >= 4 is 23.2 Å². The molecule has 0 aromatic heterocycles. The Labute approximate surface area is 118 Å². The highest BCUT2D eigenvalue weighted by atomic mass is 35.5. The number of nitrogens with one attached hydrogen (secondary N) is 1. The highest BCUT2D eigenvalue weighted by molar-refractivity contribution is 6.21. The fraction of sp³-hybridized carbons (Fsp3) is 0.417. The molecule has 0 bridgehead atoms. The normalized spacial score (nSPS) is 21.8. The van der Waals surface area contributed by atoms with Crippen LogP contribution in [0.4, 0.5) is 14.5 Å². The Kier molecular flexibility index (Phi) is 4.17. The molecule has 0 aliphatic heterocycles. The van der Waals surface area contributed by atoms with E-state index in [1.165, 1.54) is 0 Å². The summed E-state index contributed by atoms with van der Waals surface area (Å²) in [4.78, 5) is 21.8. The van der Waals surface area contributed by atoms with Gasteiger partial charge in [-0.3, -0.25) is 14.9 Å². The second-order valence-corrected chi connectivity index (χ2v) is 5.13. The Hall–Kier alpha value is -1.76. The molecule has 0 radical (unpaired) electrons. The average Bonchev–Trinajstić information content (AvgIpc) is 2.77. The fourth-order valence-corrected chi connectivity index (χ4v) is 2.54. The van der Waals surface area contributed by atoms with Gasteiger partial charge < -0.3 is 5.32 Å².